The van der Waals surface area contributed by atoms with Gasteiger partial charge in [-0.1, -0.05) is 6.08 Å². The van der Waals surface area contributed by atoms with Crippen LogP contribution < -0.4 is 9.47 Å². The Bertz CT molecular complexity index is 1100. The Morgan fingerprint density at radius 1 is 0.882 bits per heavy atom. The summed E-state index contributed by atoms with van der Waals surface area (Å²) < 4.78 is 15.4. The van der Waals surface area contributed by atoms with E-state index < -0.39 is 33.7 Å². The smallest absolute Gasteiger partial charge is 0.426 e. The van der Waals surface area contributed by atoms with Crippen LogP contribution in [0.3, 0.4) is 0 Å². The van der Waals surface area contributed by atoms with Crippen LogP contribution in [-0.2, 0) is 9.53 Å². The Morgan fingerprint density at radius 3 is 1.94 bits per heavy atom. The van der Waals surface area contributed by atoms with Crippen molar-refractivity contribution < 1.29 is 38.8 Å². The van der Waals surface area contributed by atoms with Crippen molar-refractivity contribution in [1.29, 1.82) is 0 Å². The number of benzene rings is 2. The van der Waals surface area contributed by atoms with E-state index in [2.05, 4.69) is 0 Å². The predicted octanol–water partition coefficient (Wildman–Crippen LogP) is 3.85. The molecule has 0 unspecified atom stereocenters. The second kappa shape index (κ2) is 10.5. The molecule has 0 fully saturated rings. The second-order valence-corrected chi connectivity index (χ2v) is 7.44. The summed E-state index contributed by atoms with van der Waals surface area (Å²) in [7, 11) is 0. The minimum absolute atomic E-state index is 0.0427. The van der Waals surface area contributed by atoms with Crippen molar-refractivity contribution in [3.8, 4) is 11.5 Å². The normalized spacial score (nSPS) is 20.8. The molecule has 0 bridgehead atoms. The van der Waals surface area contributed by atoms with Crippen LogP contribution in [0.1, 0.15) is 25.7 Å². The lowest BCUT2D eigenvalue weighted by Gasteiger charge is -2.28. The average Bonchev–Trinajstić information content (AvgIpc) is 2.79. The number of carbonyl (C=O) groups excluding carboxylic acids is 2. The standard InChI is InChI=1S/C22H20N2O10/c25-20(32-18-8-4-15(5-9-18)23(28)29)22(27)13-2-1-3-17(12-14-22)33-21(26)34-19-10-6-16(7-11-19)24(30)31/h1,3-11,17,27H,2,12-14H2/b3-1+/t17-,22-/m0/s1. The summed E-state index contributed by atoms with van der Waals surface area (Å²) in [6.07, 6.45) is 1.76. The first-order chi connectivity index (χ1) is 16.2. The Labute approximate surface area is 192 Å². The van der Waals surface area contributed by atoms with Crippen molar-refractivity contribution in [2.24, 2.45) is 0 Å². The quantitative estimate of drug-likeness (QED) is 0.163. The van der Waals surface area contributed by atoms with Crippen LogP contribution in [0, 0.1) is 20.2 Å². The number of non-ortho nitro benzene ring substituents is 2. The topological polar surface area (TPSA) is 168 Å². The molecule has 0 saturated heterocycles. The molecule has 1 aliphatic carbocycles. The summed E-state index contributed by atoms with van der Waals surface area (Å²) >= 11 is 0. The molecule has 12 heteroatoms. The second-order valence-electron chi connectivity index (χ2n) is 7.44. The van der Waals surface area contributed by atoms with Crippen LogP contribution in [0.4, 0.5) is 16.2 Å². The molecule has 0 heterocycles. The van der Waals surface area contributed by atoms with Gasteiger partial charge in [-0.15, -0.1) is 0 Å². The van der Waals surface area contributed by atoms with E-state index in [-0.39, 0.29) is 42.1 Å². The number of nitrogens with zero attached hydrogens (tertiary/aromatic N) is 2. The van der Waals surface area contributed by atoms with Crippen LogP contribution in [-0.4, -0.2) is 38.8 Å². The molecule has 12 nitrogen and oxygen atoms in total. The molecule has 0 radical (unpaired) electrons. The molecule has 1 N–H and O–H groups in total. The van der Waals surface area contributed by atoms with Gasteiger partial charge < -0.3 is 19.3 Å². The maximum absolute atomic E-state index is 12.6. The highest BCUT2D eigenvalue weighted by atomic mass is 16.7. The highest BCUT2D eigenvalue weighted by Gasteiger charge is 2.38. The number of allylic oxidation sites excluding steroid dienone is 1. The molecule has 34 heavy (non-hydrogen) atoms. The zero-order chi connectivity index (χ0) is 24.7. The van der Waals surface area contributed by atoms with Crippen molar-refractivity contribution in [1.82, 2.24) is 0 Å². The summed E-state index contributed by atoms with van der Waals surface area (Å²) in [5.74, 6) is -0.835. The van der Waals surface area contributed by atoms with Gasteiger partial charge in [0, 0.05) is 24.3 Å². The van der Waals surface area contributed by atoms with Gasteiger partial charge in [0.05, 0.1) is 9.85 Å². The molecular formula is C22H20N2O10. The van der Waals surface area contributed by atoms with Gasteiger partial charge in [0.15, 0.2) is 5.60 Å². The highest BCUT2D eigenvalue weighted by molar-refractivity contribution is 5.81. The highest BCUT2D eigenvalue weighted by Crippen LogP contribution is 2.28. The molecule has 0 aliphatic heterocycles. The number of nitro groups is 2. The molecule has 0 aromatic heterocycles. The van der Waals surface area contributed by atoms with Crippen molar-refractivity contribution in [2.45, 2.75) is 37.4 Å². The Balaban J connectivity index is 1.57. The molecule has 0 saturated carbocycles. The summed E-state index contributed by atoms with van der Waals surface area (Å²) in [6, 6.07) is 9.71. The maximum Gasteiger partial charge on any atom is 0.514 e. The van der Waals surface area contributed by atoms with Gasteiger partial charge in [0.1, 0.15) is 17.6 Å². The minimum Gasteiger partial charge on any atom is -0.426 e. The van der Waals surface area contributed by atoms with Crippen molar-refractivity contribution >= 4 is 23.5 Å². The number of carbonyl (C=O) groups is 2. The van der Waals surface area contributed by atoms with Crippen LogP contribution in [0.2, 0.25) is 0 Å². The lowest BCUT2D eigenvalue weighted by molar-refractivity contribution is -0.385. The number of aliphatic hydroxyl groups is 1. The fraction of sp³-hybridized carbons (Fsp3) is 0.273. The third-order valence-electron chi connectivity index (χ3n) is 5.05. The van der Waals surface area contributed by atoms with E-state index >= 15 is 0 Å². The van der Waals surface area contributed by atoms with E-state index in [0.717, 1.165) is 0 Å². The summed E-state index contributed by atoms with van der Waals surface area (Å²) in [4.78, 5) is 44.9. The Morgan fingerprint density at radius 2 is 1.41 bits per heavy atom. The zero-order valence-electron chi connectivity index (χ0n) is 17.7. The van der Waals surface area contributed by atoms with E-state index in [1.165, 1.54) is 48.5 Å². The van der Waals surface area contributed by atoms with Gasteiger partial charge >= 0.3 is 12.1 Å². The lowest BCUT2D eigenvalue weighted by atomic mass is 9.88. The largest absolute Gasteiger partial charge is 0.514 e. The first-order valence-corrected chi connectivity index (χ1v) is 10.1. The van der Waals surface area contributed by atoms with E-state index in [9.17, 15) is 34.9 Å². The molecule has 0 amide bonds. The van der Waals surface area contributed by atoms with Gasteiger partial charge in [-0.25, -0.2) is 9.59 Å². The monoisotopic (exact) mass is 472 g/mol. The summed E-state index contributed by atoms with van der Waals surface area (Å²) in [5, 5.41) is 32.3. The summed E-state index contributed by atoms with van der Waals surface area (Å²) in [5.41, 5.74) is -2.20. The Hall–Kier alpha value is -4.32. The van der Waals surface area contributed by atoms with E-state index in [4.69, 9.17) is 14.2 Å². The lowest BCUT2D eigenvalue weighted by Crippen LogP contribution is -2.43. The Kier molecular flexibility index (Phi) is 7.53. The van der Waals surface area contributed by atoms with Crippen LogP contribution >= 0.6 is 0 Å². The average molecular weight is 472 g/mol. The molecular weight excluding hydrogens is 452 g/mol. The molecule has 0 spiro atoms. The van der Waals surface area contributed by atoms with E-state index in [1.54, 1.807) is 12.2 Å². The number of rotatable bonds is 6. The van der Waals surface area contributed by atoms with Gasteiger partial charge in [-0.2, -0.15) is 0 Å². The molecule has 2 atom stereocenters. The molecule has 2 aromatic carbocycles. The van der Waals surface area contributed by atoms with Crippen LogP contribution in [0.15, 0.2) is 60.7 Å². The first kappa shape index (κ1) is 24.3. The minimum atomic E-state index is -1.86. The number of hydrogen-bond donors (Lipinski definition) is 1. The predicted molar refractivity (Wildman–Crippen MR) is 115 cm³/mol. The van der Waals surface area contributed by atoms with E-state index in [0.29, 0.717) is 6.42 Å². The van der Waals surface area contributed by atoms with Crippen LogP contribution in [0.25, 0.3) is 0 Å². The summed E-state index contributed by atoms with van der Waals surface area (Å²) in [6.45, 7) is 0. The number of ether oxygens (including phenoxy) is 3. The fourth-order valence-electron chi connectivity index (χ4n) is 3.19. The number of hydrogen-bond acceptors (Lipinski definition) is 10. The third-order valence-corrected chi connectivity index (χ3v) is 5.05. The van der Waals surface area contributed by atoms with E-state index in [1.807, 2.05) is 0 Å². The van der Waals surface area contributed by atoms with Crippen molar-refractivity contribution in [3.05, 3.63) is 80.9 Å². The van der Waals surface area contributed by atoms with Crippen LogP contribution in [0.5, 0.6) is 11.5 Å². The SMILES string of the molecule is O=C(Oc1ccc([N+](=O)[O-])cc1)O[C@H]1/C=C/CC[C@@](O)(C(=O)Oc2ccc([N+](=O)[O-])cc2)CC1. The molecule has 1 aliphatic rings. The third kappa shape index (κ3) is 6.36. The fourth-order valence-corrected chi connectivity index (χ4v) is 3.19. The molecule has 178 valence electrons. The zero-order valence-corrected chi connectivity index (χ0v) is 17.7. The van der Waals surface area contributed by atoms with Crippen molar-refractivity contribution in [2.75, 3.05) is 0 Å². The van der Waals surface area contributed by atoms with Gasteiger partial charge in [-0.05, 0) is 56.0 Å². The first-order valence-electron chi connectivity index (χ1n) is 10.1. The molecule has 2 aromatic rings. The van der Waals surface area contributed by atoms with Gasteiger partial charge in [0.25, 0.3) is 11.4 Å². The number of esters is 1. The van der Waals surface area contributed by atoms with Crippen molar-refractivity contribution in [3.63, 3.8) is 0 Å². The maximum atomic E-state index is 12.6. The number of nitro benzene ring substituents is 2. The van der Waals surface area contributed by atoms with Gasteiger partial charge in [-0.3, -0.25) is 20.2 Å². The van der Waals surface area contributed by atoms with Gasteiger partial charge in [0.2, 0.25) is 0 Å². The molecule has 3 rings (SSSR count).